The van der Waals surface area contributed by atoms with Gasteiger partial charge in [0.2, 0.25) is 5.76 Å². The second kappa shape index (κ2) is 5.33. The maximum atomic E-state index is 11.2. The zero-order valence-electron chi connectivity index (χ0n) is 10.2. The minimum Gasteiger partial charge on any atom is -0.463 e. The molecular weight excluding hydrogens is 220 g/mol. The van der Waals surface area contributed by atoms with Gasteiger partial charge in [-0.15, -0.1) is 0 Å². The molecule has 0 radical (unpaired) electrons. The molecule has 5 heteroatoms. The molecule has 0 aromatic carbocycles. The van der Waals surface area contributed by atoms with E-state index >= 15 is 0 Å². The van der Waals surface area contributed by atoms with Crippen LogP contribution in [-0.2, 0) is 11.3 Å². The van der Waals surface area contributed by atoms with Gasteiger partial charge in [0.1, 0.15) is 5.76 Å². The number of methoxy groups -OCH3 is 1. The fraction of sp³-hybridized carbons (Fsp3) is 0.583. The number of carbonyl (C=O) groups excluding carboxylic acids is 1. The van der Waals surface area contributed by atoms with Crippen LogP contribution >= 0.6 is 0 Å². The monoisotopic (exact) mass is 238 g/mol. The predicted molar refractivity (Wildman–Crippen MR) is 62.8 cm³/mol. The van der Waals surface area contributed by atoms with E-state index in [0.29, 0.717) is 6.04 Å². The molecule has 1 saturated heterocycles. The Labute approximate surface area is 101 Å². The Balaban J connectivity index is 1.94. The van der Waals surface area contributed by atoms with Gasteiger partial charge in [0.25, 0.3) is 0 Å². The van der Waals surface area contributed by atoms with Crippen LogP contribution in [0, 0.1) is 0 Å². The molecule has 1 aliphatic rings. The zero-order chi connectivity index (χ0) is 12.3. The molecule has 1 aromatic rings. The van der Waals surface area contributed by atoms with Crippen LogP contribution in [-0.4, -0.2) is 43.7 Å². The van der Waals surface area contributed by atoms with Gasteiger partial charge in [-0.2, -0.15) is 0 Å². The number of ether oxygens (including phenoxy) is 1. The van der Waals surface area contributed by atoms with Gasteiger partial charge < -0.3 is 14.5 Å². The summed E-state index contributed by atoms with van der Waals surface area (Å²) in [6.45, 7) is 5.88. The highest BCUT2D eigenvalue weighted by molar-refractivity contribution is 5.86. The number of hydrogen-bond donors (Lipinski definition) is 1. The number of carbonyl (C=O) groups is 1. The second-order valence-electron chi connectivity index (χ2n) is 4.35. The summed E-state index contributed by atoms with van der Waals surface area (Å²) in [6, 6.07) is 3.99. The molecule has 0 unspecified atom stereocenters. The van der Waals surface area contributed by atoms with Crippen LogP contribution in [0.25, 0.3) is 0 Å². The molecule has 5 nitrogen and oxygen atoms in total. The predicted octanol–water partition coefficient (Wildman–Crippen LogP) is 0.860. The van der Waals surface area contributed by atoms with E-state index < -0.39 is 5.97 Å². The lowest BCUT2D eigenvalue weighted by atomic mass is 10.2. The molecule has 1 atom stereocenters. The minimum absolute atomic E-state index is 0.269. The third-order valence-corrected chi connectivity index (χ3v) is 2.88. The van der Waals surface area contributed by atoms with E-state index in [0.717, 1.165) is 31.9 Å². The Morgan fingerprint density at radius 3 is 3.18 bits per heavy atom. The van der Waals surface area contributed by atoms with E-state index in [1.54, 1.807) is 6.07 Å². The van der Waals surface area contributed by atoms with E-state index in [9.17, 15) is 4.79 Å². The maximum absolute atomic E-state index is 11.2. The van der Waals surface area contributed by atoms with Crippen molar-refractivity contribution in [3.8, 4) is 0 Å². The van der Waals surface area contributed by atoms with Crippen LogP contribution in [0.15, 0.2) is 16.5 Å². The summed E-state index contributed by atoms with van der Waals surface area (Å²) in [5.74, 6) is 0.648. The smallest absolute Gasteiger partial charge is 0.373 e. The first-order valence-electron chi connectivity index (χ1n) is 5.82. The average molecular weight is 238 g/mol. The van der Waals surface area contributed by atoms with E-state index in [1.165, 1.54) is 7.11 Å². The molecule has 0 spiro atoms. The summed E-state index contributed by atoms with van der Waals surface area (Å²) < 4.78 is 10.0. The van der Waals surface area contributed by atoms with E-state index in [4.69, 9.17) is 4.42 Å². The normalized spacial score (nSPS) is 21.4. The molecule has 0 saturated carbocycles. The van der Waals surface area contributed by atoms with Gasteiger partial charge in [-0.1, -0.05) is 0 Å². The molecular formula is C12H18N2O3. The van der Waals surface area contributed by atoms with Gasteiger partial charge in [-0.3, -0.25) is 4.90 Å². The van der Waals surface area contributed by atoms with Crippen molar-refractivity contribution in [2.45, 2.75) is 19.5 Å². The van der Waals surface area contributed by atoms with Gasteiger partial charge in [-0.25, -0.2) is 4.79 Å². The van der Waals surface area contributed by atoms with Crippen molar-refractivity contribution in [3.05, 3.63) is 23.7 Å². The zero-order valence-corrected chi connectivity index (χ0v) is 10.2. The van der Waals surface area contributed by atoms with Crippen molar-refractivity contribution < 1.29 is 13.9 Å². The molecule has 1 N–H and O–H groups in total. The molecule has 0 amide bonds. The number of esters is 1. The maximum Gasteiger partial charge on any atom is 0.373 e. The van der Waals surface area contributed by atoms with E-state index in [2.05, 4.69) is 21.9 Å². The molecule has 2 heterocycles. The molecule has 1 fully saturated rings. The number of rotatable bonds is 3. The number of furan rings is 1. The Morgan fingerprint density at radius 2 is 2.47 bits per heavy atom. The van der Waals surface area contributed by atoms with Crippen molar-refractivity contribution in [1.29, 1.82) is 0 Å². The first-order chi connectivity index (χ1) is 8.19. The Morgan fingerprint density at radius 1 is 1.65 bits per heavy atom. The van der Waals surface area contributed by atoms with Gasteiger partial charge >= 0.3 is 5.97 Å². The molecule has 17 heavy (non-hydrogen) atoms. The SMILES string of the molecule is COC(=O)c1ccc(CN2CCN[C@@H](C)C2)o1. The van der Waals surface area contributed by atoms with Gasteiger partial charge in [0.15, 0.2) is 0 Å². The van der Waals surface area contributed by atoms with Crippen molar-refractivity contribution in [1.82, 2.24) is 10.2 Å². The largest absolute Gasteiger partial charge is 0.463 e. The first kappa shape index (κ1) is 12.1. The summed E-state index contributed by atoms with van der Waals surface area (Å²) in [4.78, 5) is 13.5. The second-order valence-corrected chi connectivity index (χ2v) is 4.35. The quantitative estimate of drug-likeness (QED) is 0.791. The van der Waals surface area contributed by atoms with Gasteiger partial charge in [0, 0.05) is 25.7 Å². The average Bonchev–Trinajstić information content (AvgIpc) is 2.76. The van der Waals surface area contributed by atoms with Gasteiger partial charge in [-0.05, 0) is 19.1 Å². The molecule has 0 aliphatic carbocycles. The lowest BCUT2D eigenvalue weighted by Crippen LogP contribution is -2.48. The number of nitrogens with one attached hydrogen (secondary N) is 1. The van der Waals surface area contributed by atoms with Crippen LogP contribution in [0.3, 0.4) is 0 Å². The number of piperazine rings is 1. The highest BCUT2D eigenvalue weighted by Gasteiger charge is 2.18. The lowest BCUT2D eigenvalue weighted by Gasteiger charge is -2.31. The van der Waals surface area contributed by atoms with E-state index in [-0.39, 0.29) is 5.76 Å². The topological polar surface area (TPSA) is 54.7 Å². The highest BCUT2D eigenvalue weighted by Crippen LogP contribution is 2.12. The lowest BCUT2D eigenvalue weighted by molar-refractivity contribution is 0.0560. The van der Waals surface area contributed by atoms with Crippen molar-refractivity contribution in [3.63, 3.8) is 0 Å². The fourth-order valence-electron chi connectivity index (χ4n) is 2.05. The Bertz CT molecular complexity index is 389. The van der Waals surface area contributed by atoms with Crippen LogP contribution < -0.4 is 5.32 Å². The van der Waals surface area contributed by atoms with Crippen LogP contribution in [0.1, 0.15) is 23.2 Å². The van der Waals surface area contributed by atoms with Crippen molar-refractivity contribution >= 4 is 5.97 Å². The summed E-state index contributed by atoms with van der Waals surface area (Å²) in [7, 11) is 1.35. The molecule has 0 bridgehead atoms. The molecule has 1 aromatic heterocycles. The van der Waals surface area contributed by atoms with Crippen LogP contribution in [0.5, 0.6) is 0 Å². The van der Waals surface area contributed by atoms with Gasteiger partial charge in [0.05, 0.1) is 13.7 Å². The van der Waals surface area contributed by atoms with Crippen molar-refractivity contribution in [2.24, 2.45) is 0 Å². The van der Waals surface area contributed by atoms with Crippen LogP contribution in [0.2, 0.25) is 0 Å². The van der Waals surface area contributed by atoms with Crippen LogP contribution in [0.4, 0.5) is 0 Å². The first-order valence-corrected chi connectivity index (χ1v) is 5.82. The summed E-state index contributed by atoms with van der Waals surface area (Å²) >= 11 is 0. The molecule has 2 rings (SSSR count). The third-order valence-electron chi connectivity index (χ3n) is 2.88. The summed E-state index contributed by atoms with van der Waals surface area (Å²) in [5.41, 5.74) is 0. The Hall–Kier alpha value is -1.33. The number of nitrogens with zero attached hydrogens (tertiary/aromatic N) is 1. The molecule has 1 aliphatic heterocycles. The fourth-order valence-corrected chi connectivity index (χ4v) is 2.05. The Kier molecular flexibility index (Phi) is 3.81. The standard InChI is InChI=1S/C12H18N2O3/c1-9-7-14(6-5-13-9)8-10-3-4-11(17-10)12(15)16-2/h3-4,9,13H,5-8H2,1-2H3/t9-/m0/s1. The minimum atomic E-state index is -0.426. The summed E-state index contributed by atoms with van der Waals surface area (Å²) in [5, 5.41) is 3.38. The van der Waals surface area contributed by atoms with E-state index in [1.807, 2.05) is 6.07 Å². The highest BCUT2D eigenvalue weighted by atomic mass is 16.5. The number of hydrogen-bond acceptors (Lipinski definition) is 5. The third kappa shape index (κ3) is 3.08. The van der Waals surface area contributed by atoms with Crippen molar-refractivity contribution in [2.75, 3.05) is 26.7 Å². The molecule has 94 valence electrons. The summed E-state index contributed by atoms with van der Waals surface area (Å²) in [6.07, 6.45) is 0.